The van der Waals surface area contributed by atoms with E-state index in [4.69, 9.17) is 4.98 Å². The van der Waals surface area contributed by atoms with Crippen LogP contribution < -0.4 is 0 Å². The van der Waals surface area contributed by atoms with Gasteiger partial charge in [0.2, 0.25) is 0 Å². The lowest BCUT2D eigenvalue weighted by atomic mass is 9.90. The molecule has 2 heterocycles. The van der Waals surface area contributed by atoms with Crippen LogP contribution in [0.2, 0.25) is 0 Å². The van der Waals surface area contributed by atoms with E-state index in [0.717, 1.165) is 22.2 Å². The van der Waals surface area contributed by atoms with E-state index in [9.17, 15) is 0 Å². The molecule has 0 unspecified atom stereocenters. The third-order valence-electron chi connectivity index (χ3n) is 6.86. The lowest BCUT2D eigenvalue weighted by molar-refractivity contribution is 1.27. The standard InChI is InChI=1S/C33H22N2/c1-3-12-23(13-4-1)25-19-11-20-26(24-14-5-2-6-15-24)32(25)31-22-34-33-29-18-8-7-16-27(29)28-17-9-10-21-30(28)35(31)33/h1-22H. The summed E-state index contributed by atoms with van der Waals surface area (Å²) in [5.74, 6) is 0. The van der Waals surface area contributed by atoms with E-state index in [2.05, 4.69) is 132 Å². The Kier molecular flexibility index (Phi) is 4.49. The molecule has 7 rings (SSSR count). The Morgan fingerprint density at radius 2 is 1.00 bits per heavy atom. The maximum atomic E-state index is 5.01. The molecule has 2 heteroatoms. The van der Waals surface area contributed by atoms with E-state index in [1.807, 2.05) is 6.20 Å². The van der Waals surface area contributed by atoms with Crippen LogP contribution in [0.15, 0.2) is 134 Å². The topological polar surface area (TPSA) is 17.3 Å². The Morgan fingerprint density at radius 1 is 0.457 bits per heavy atom. The van der Waals surface area contributed by atoms with Gasteiger partial charge in [0.15, 0.2) is 0 Å². The van der Waals surface area contributed by atoms with Crippen LogP contribution >= 0.6 is 0 Å². The van der Waals surface area contributed by atoms with Gasteiger partial charge in [-0.1, -0.05) is 121 Å². The van der Waals surface area contributed by atoms with Crippen molar-refractivity contribution in [3.63, 3.8) is 0 Å². The lowest BCUT2D eigenvalue weighted by Gasteiger charge is -2.17. The molecular formula is C33H22N2. The average Bonchev–Trinajstić information content (AvgIpc) is 3.39. The van der Waals surface area contributed by atoms with Gasteiger partial charge in [0.1, 0.15) is 5.65 Å². The molecule has 5 aromatic carbocycles. The zero-order chi connectivity index (χ0) is 23.2. The van der Waals surface area contributed by atoms with Gasteiger partial charge >= 0.3 is 0 Å². The Balaban J connectivity index is 1.66. The highest BCUT2D eigenvalue weighted by Gasteiger charge is 2.20. The fourth-order valence-corrected chi connectivity index (χ4v) is 5.32. The van der Waals surface area contributed by atoms with E-state index in [1.165, 1.54) is 38.6 Å². The number of fused-ring (bicyclic) bond motifs is 6. The summed E-state index contributed by atoms with van der Waals surface area (Å²) >= 11 is 0. The SMILES string of the molecule is c1ccc(-c2cccc(-c3ccccc3)c2-c2cnc3c4ccccc4c4ccccc4n23)cc1. The molecule has 0 saturated heterocycles. The van der Waals surface area contributed by atoms with Crippen LogP contribution in [0.25, 0.3) is 60.8 Å². The van der Waals surface area contributed by atoms with Crippen LogP contribution in [0.4, 0.5) is 0 Å². The number of para-hydroxylation sites is 1. The second kappa shape index (κ2) is 7.96. The molecule has 0 spiro atoms. The predicted octanol–water partition coefficient (Wildman–Crippen LogP) is 8.64. The van der Waals surface area contributed by atoms with Crippen LogP contribution in [0.3, 0.4) is 0 Å². The molecule has 2 nitrogen and oxygen atoms in total. The highest BCUT2D eigenvalue weighted by Crippen LogP contribution is 2.42. The monoisotopic (exact) mass is 446 g/mol. The first-order valence-corrected chi connectivity index (χ1v) is 11.9. The fourth-order valence-electron chi connectivity index (χ4n) is 5.32. The number of benzene rings is 5. The molecule has 0 saturated carbocycles. The average molecular weight is 447 g/mol. The quantitative estimate of drug-likeness (QED) is 0.248. The number of imidazole rings is 1. The van der Waals surface area contributed by atoms with Crippen molar-refractivity contribution >= 4 is 27.3 Å². The number of pyridine rings is 1. The highest BCUT2D eigenvalue weighted by atomic mass is 15.0. The summed E-state index contributed by atoms with van der Waals surface area (Å²) in [4.78, 5) is 5.01. The normalized spacial score (nSPS) is 11.4. The first-order chi connectivity index (χ1) is 17.4. The maximum absolute atomic E-state index is 5.01. The van der Waals surface area contributed by atoms with E-state index in [0.29, 0.717) is 0 Å². The summed E-state index contributed by atoms with van der Waals surface area (Å²) in [6, 6.07) is 45.1. The minimum absolute atomic E-state index is 0.983. The van der Waals surface area contributed by atoms with Crippen LogP contribution in [-0.4, -0.2) is 9.38 Å². The van der Waals surface area contributed by atoms with E-state index >= 15 is 0 Å². The number of aromatic nitrogens is 2. The molecule has 0 atom stereocenters. The summed E-state index contributed by atoms with van der Waals surface area (Å²) < 4.78 is 2.34. The van der Waals surface area contributed by atoms with Gasteiger partial charge in [-0.2, -0.15) is 0 Å². The van der Waals surface area contributed by atoms with E-state index < -0.39 is 0 Å². The van der Waals surface area contributed by atoms with E-state index in [-0.39, 0.29) is 0 Å². The van der Waals surface area contributed by atoms with Crippen LogP contribution in [-0.2, 0) is 0 Å². The van der Waals surface area contributed by atoms with Gasteiger partial charge in [-0.15, -0.1) is 0 Å². The zero-order valence-corrected chi connectivity index (χ0v) is 19.1. The Morgan fingerprint density at radius 3 is 1.66 bits per heavy atom. The van der Waals surface area contributed by atoms with Gasteiger partial charge < -0.3 is 0 Å². The third kappa shape index (κ3) is 3.08. The molecule has 0 aliphatic heterocycles. The Labute approximate surface area is 203 Å². The van der Waals surface area contributed by atoms with Crippen molar-refractivity contribution in [3.8, 4) is 33.5 Å². The molecule has 0 bridgehead atoms. The van der Waals surface area contributed by atoms with Gasteiger partial charge in [-0.25, -0.2) is 4.98 Å². The summed E-state index contributed by atoms with van der Waals surface area (Å²) in [6.07, 6.45) is 2.04. The molecule has 7 aromatic rings. The first kappa shape index (κ1) is 19.7. The van der Waals surface area contributed by atoms with Crippen LogP contribution in [0, 0.1) is 0 Å². The third-order valence-corrected chi connectivity index (χ3v) is 6.86. The summed E-state index contributed by atoms with van der Waals surface area (Å²) in [5.41, 5.74) is 9.22. The lowest BCUT2D eigenvalue weighted by Crippen LogP contribution is -1.97. The van der Waals surface area contributed by atoms with Gasteiger partial charge in [-0.3, -0.25) is 4.40 Å². The Hall–Kier alpha value is -4.69. The number of rotatable bonds is 3. The van der Waals surface area contributed by atoms with Crippen LogP contribution in [0.5, 0.6) is 0 Å². The van der Waals surface area contributed by atoms with Crippen molar-refractivity contribution in [1.82, 2.24) is 9.38 Å². The molecule has 0 aliphatic rings. The summed E-state index contributed by atoms with van der Waals surface area (Å²) in [7, 11) is 0. The number of hydrogen-bond donors (Lipinski definition) is 0. The van der Waals surface area contributed by atoms with E-state index in [1.54, 1.807) is 0 Å². The van der Waals surface area contributed by atoms with Gasteiger partial charge in [0, 0.05) is 16.3 Å². The highest BCUT2D eigenvalue weighted by molar-refractivity contribution is 6.12. The zero-order valence-electron chi connectivity index (χ0n) is 19.1. The molecule has 0 radical (unpaired) electrons. The smallest absolute Gasteiger partial charge is 0.145 e. The van der Waals surface area contributed by atoms with Crippen molar-refractivity contribution in [2.45, 2.75) is 0 Å². The first-order valence-electron chi connectivity index (χ1n) is 11.9. The molecule has 0 amide bonds. The molecule has 0 N–H and O–H groups in total. The number of hydrogen-bond acceptors (Lipinski definition) is 1. The van der Waals surface area contributed by atoms with Crippen LogP contribution in [0.1, 0.15) is 0 Å². The maximum Gasteiger partial charge on any atom is 0.145 e. The molecule has 0 aliphatic carbocycles. The van der Waals surface area contributed by atoms with Gasteiger partial charge in [0.25, 0.3) is 0 Å². The Bertz CT molecular complexity index is 1770. The summed E-state index contributed by atoms with van der Waals surface area (Å²) in [5, 5.41) is 3.62. The largest absolute Gasteiger partial charge is 0.292 e. The van der Waals surface area contributed by atoms with Crippen molar-refractivity contribution in [2.24, 2.45) is 0 Å². The number of nitrogens with zero attached hydrogens (tertiary/aromatic N) is 2. The van der Waals surface area contributed by atoms with Crippen molar-refractivity contribution in [2.75, 3.05) is 0 Å². The minimum Gasteiger partial charge on any atom is -0.292 e. The van der Waals surface area contributed by atoms with Crippen molar-refractivity contribution < 1.29 is 0 Å². The summed E-state index contributed by atoms with van der Waals surface area (Å²) in [6.45, 7) is 0. The molecule has 2 aromatic heterocycles. The fraction of sp³-hybridized carbons (Fsp3) is 0. The molecule has 35 heavy (non-hydrogen) atoms. The molecule has 164 valence electrons. The van der Waals surface area contributed by atoms with Crippen molar-refractivity contribution in [3.05, 3.63) is 134 Å². The molecular weight excluding hydrogens is 424 g/mol. The van der Waals surface area contributed by atoms with Crippen molar-refractivity contribution in [1.29, 1.82) is 0 Å². The molecule has 0 fully saturated rings. The minimum atomic E-state index is 0.983. The van der Waals surface area contributed by atoms with Gasteiger partial charge in [-0.05, 0) is 33.7 Å². The second-order valence-corrected chi connectivity index (χ2v) is 8.83. The second-order valence-electron chi connectivity index (χ2n) is 8.83. The van der Waals surface area contributed by atoms with Gasteiger partial charge in [0.05, 0.1) is 17.4 Å². The predicted molar refractivity (Wildman–Crippen MR) is 147 cm³/mol.